The maximum absolute atomic E-state index is 13.3. The molecule has 1 saturated heterocycles. The Morgan fingerprint density at radius 3 is 2.37 bits per heavy atom. The van der Waals surface area contributed by atoms with Gasteiger partial charge in [-0.1, -0.05) is 0 Å². The topological polar surface area (TPSA) is 123 Å². The number of aryl methyl sites for hydroxylation is 1. The molecule has 0 radical (unpaired) electrons. The monoisotopic (exact) mass is 519 g/mol. The Hall–Kier alpha value is -4.47. The molecule has 1 aliphatic carbocycles. The van der Waals surface area contributed by atoms with E-state index in [0.29, 0.717) is 39.4 Å². The highest BCUT2D eigenvalue weighted by molar-refractivity contribution is 5.91. The van der Waals surface area contributed by atoms with Crippen molar-refractivity contribution in [3.8, 4) is 28.7 Å². The lowest BCUT2D eigenvalue weighted by Gasteiger charge is -2.38. The summed E-state index contributed by atoms with van der Waals surface area (Å²) in [5, 5.41) is 10.5. The molecule has 0 bridgehead atoms. The number of nitrogens with zero attached hydrogens (tertiary/aromatic N) is 1. The second-order valence-corrected chi connectivity index (χ2v) is 9.37. The van der Waals surface area contributed by atoms with Gasteiger partial charge in [-0.25, -0.2) is 4.79 Å². The van der Waals surface area contributed by atoms with Crippen LogP contribution in [0.1, 0.15) is 44.8 Å². The minimum absolute atomic E-state index is 0.0536. The molecule has 2 aromatic carbocycles. The minimum atomic E-state index is -0.791. The second kappa shape index (κ2) is 9.13. The quantitative estimate of drug-likeness (QED) is 0.500. The molecule has 0 unspecified atom stereocenters. The van der Waals surface area contributed by atoms with Crippen LogP contribution in [0, 0.1) is 18.8 Å². The van der Waals surface area contributed by atoms with E-state index in [1.54, 1.807) is 43.5 Å². The van der Waals surface area contributed by atoms with Crippen molar-refractivity contribution in [2.75, 3.05) is 27.6 Å². The highest BCUT2D eigenvalue weighted by Crippen LogP contribution is 2.56. The molecule has 4 atom stereocenters. The van der Waals surface area contributed by atoms with Crippen molar-refractivity contribution in [2.45, 2.75) is 18.9 Å². The molecule has 1 N–H and O–H groups in total. The van der Waals surface area contributed by atoms with Gasteiger partial charge in [0.15, 0.2) is 23.0 Å². The van der Waals surface area contributed by atoms with Crippen molar-refractivity contribution in [1.29, 1.82) is 0 Å². The minimum Gasteiger partial charge on any atom is -0.502 e. The first-order chi connectivity index (χ1) is 18.4. The molecule has 0 amide bonds. The lowest BCUT2D eigenvalue weighted by Crippen LogP contribution is -2.36. The number of pyridine rings is 1. The number of aromatic nitrogens is 1. The van der Waals surface area contributed by atoms with Crippen molar-refractivity contribution in [1.82, 2.24) is 4.98 Å². The molecule has 0 spiro atoms. The van der Waals surface area contributed by atoms with E-state index >= 15 is 0 Å². The fraction of sp³-hybridized carbons (Fsp3) is 0.321. The summed E-state index contributed by atoms with van der Waals surface area (Å²) in [7, 11) is 2.88. The first-order valence-electron chi connectivity index (χ1n) is 12.1. The van der Waals surface area contributed by atoms with E-state index in [4.69, 9.17) is 28.4 Å². The van der Waals surface area contributed by atoms with Crippen LogP contribution in [0.15, 0.2) is 42.6 Å². The number of phenolic OH excluding ortho intramolecular Hbond substituents is 1. The third-order valence-corrected chi connectivity index (χ3v) is 7.44. The zero-order chi connectivity index (χ0) is 26.6. The van der Waals surface area contributed by atoms with Gasteiger partial charge in [0, 0.05) is 23.6 Å². The Balaban J connectivity index is 1.52. The number of cyclic esters (lactones) is 1. The summed E-state index contributed by atoms with van der Waals surface area (Å²) < 4.78 is 33.7. The number of phenols is 1. The molecule has 3 heterocycles. The average Bonchev–Trinajstić information content (AvgIpc) is 3.54. The number of rotatable bonds is 5. The molecule has 2 aliphatic heterocycles. The van der Waals surface area contributed by atoms with Crippen LogP contribution in [-0.2, 0) is 14.3 Å². The standard InChI is InChI=1S/C28H25NO9/c1-13-15(5-4-6-29-13)27(31)38-26-17-10-20-19(36-12-37-20)9-16(17)23(24-18(26)11-35-28(24)32)14-7-21(33-2)25(30)22(8-14)34-3/h4-10,18,23-24,26,30H,11-12H2,1-3H3/t18-,23+,24-,26+/m0/s1. The highest BCUT2D eigenvalue weighted by atomic mass is 16.7. The van der Waals surface area contributed by atoms with Crippen molar-refractivity contribution in [3.05, 3.63) is 70.5 Å². The van der Waals surface area contributed by atoms with Gasteiger partial charge in [-0.15, -0.1) is 0 Å². The van der Waals surface area contributed by atoms with E-state index in [2.05, 4.69) is 4.98 Å². The van der Waals surface area contributed by atoms with Crippen LogP contribution in [0.25, 0.3) is 0 Å². The Morgan fingerprint density at radius 2 is 1.71 bits per heavy atom. The molecular weight excluding hydrogens is 494 g/mol. The van der Waals surface area contributed by atoms with Crippen LogP contribution in [0.3, 0.4) is 0 Å². The first kappa shape index (κ1) is 23.9. The number of methoxy groups -OCH3 is 2. The molecule has 1 aromatic heterocycles. The summed E-state index contributed by atoms with van der Waals surface area (Å²) in [4.78, 5) is 30.7. The summed E-state index contributed by atoms with van der Waals surface area (Å²) in [6.45, 7) is 1.86. The number of hydrogen-bond donors (Lipinski definition) is 1. The summed E-state index contributed by atoms with van der Waals surface area (Å²) >= 11 is 0. The van der Waals surface area contributed by atoms with Crippen LogP contribution < -0.4 is 18.9 Å². The smallest absolute Gasteiger partial charge is 0.340 e. The largest absolute Gasteiger partial charge is 0.502 e. The third kappa shape index (κ3) is 3.67. The van der Waals surface area contributed by atoms with Crippen molar-refractivity contribution >= 4 is 11.9 Å². The Morgan fingerprint density at radius 1 is 1.03 bits per heavy atom. The zero-order valence-electron chi connectivity index (χ0n) is 20.9. The molecule has 196 valence electrons. The van der Waals surface area contributed by atoms with Crippen LogP contribution in [-0.4, -0.2) is 49.6 Å². The van der Waals surface area contributed by atoms with Gasteiger partial charge >= 0.3 is 11.9 Å². The lowest BCUT2D eigenvalue weighted by molar-refractivity contribution is -0.141. The van der Waals surface area contributed by atoms with Crippen molar-refractivity contribution in [3.63, 3.8) is 0 Å². The fourth-order valence-electron chi connectivity index (χ4n) is 5.64. The van der Waals surface area contributed by atoms with Gasteiger partial charge in [-0.3, -0.25) is 9.78 Å². The van der Waals surface area contributed by atoms with Crippen LogP contribution in [0.2, 0.25) is 0 Å². The number of carbonyl (C=O) groups is 2. The van der Waals surface area contributed by atoms with Gasteiger partial charge in [0.1, 0.15) is 6.10 Å². The predicted octanol–water partition coefficient (Wildman–Crippen LogP) is 3.67. The van der Waals surface area contributed by atoms with E-state index in [-0.39, 0.29) is 30.6 Å². The molecule has 10 nitrogen and oxygen atoms in total. The van der Waals surface area contributed by atoms with Gasteiger partial charge in [0.2, 0.25) is 12.5 Å². The van der Waals surface area contributed by atoms with E-state index in [9.17, 15) is 14.7 Å². The van der Waals surface area contributed by atoms with Crippen LogP contribution in [0.5, 0.6) is 28.7 Å². The number of hydrogen-bond acceptors (Lipinski definition) is 10. The van der Waals surface area contributed by atoms with E-state index < -0.39 is 35.8 Å². The van der Waals surface area contributed by atoms with Gasteiger partial charge in [0.05, 0.1) is 38.0 Å². The van der Waals surface area contributed by atoms with E-state index in [0.717, 1.165) is 0 Å². The third-order valence-electron chi connectivity index (χ3n) is 7.44. The predicted molar refractivity (Wildman–Crippen MR) is 131 cm³/mol. The maximum Gasteiger partial charge on any atom is 0.340 e. The summed E-state index contributed by atoms with van der Waals surface area (Å²) in [5.41, 5.74) is 2.94. The van der Waals surface area contributed by atoms with Gasteiger partial charge in [-0.2, -0.15) is 0 Å². The Labute approximate surface area is 218 Å². The first-order valence-corrected chi connectivity index (χ1v) is 12.1. The molecule has 38 heavy (non-hydrogen) atoms. The Kier molecular flexibility index (Phi) is 5.74. The summed E-state index contributed by atoms with van der Waals surface area (Å²) in [6, 6.07) is 10.3. The normalized spacial score (nSPS) is 22.8. The van der Waals surface area contributed by atoms with Gasteiger partial charge in [0.25, 0.3) is 0 Å². The number of fused-ring (bicyclic) bond motifs is 3. The molecule has 3 aromatic rings. The molecule has 3 aliphatic rings. The SMILES string of the molecule is COc1cc([C@@H]2c3cc4c(cc3[C@@H](OC(=O)c3cccnc3C)[C@H]3COC(=O)[C@H]23)OCO4)cc(OC)c1O. The number of carbonyl (C=O) groups excluding carboxylic acids is 2. The van der Waals surface area contributed by atoms with Crippen molar-refractivity contribution < 1.29 is 43.1 Å². The lowest BCUT2D eigenvalue weighted by atomic mass is 9.66. The zero-order valence-corrected chi connectivity index (χ0v) is 20.9. The number of ether oxygens (including phenoxy) is 6. The number of aromatic hydroxyl groups is 1. The highest BCUT2D eigenvalue weighted by Gasteiger charge is 2.54. The van der Waals surface area contributed by atoms with Gasteiger partial charge < -0.3 is 33.5 Å². The maximum atomic E-state index is 13.3. The number of esters is 2. The second-order valence-electron chi connectivity index (χ2n) is 9.37. The summed E-state index contributed by atoms with van der Waals surface area (Å²) in [5.74, 6) is -1.36. The molecular formula is C28H25NO9. The van der Waals surface area contributed by atoms with E-state index in [1.807, 2.05) is 6.07 Å². The Bertz CT molecular complexity index is 1430. The number of benzene rings is 2. The van der Waals surface area contributed by atoms with E-state index in [1.165, 1.54) is 14.2 Å². The molecule has 10 heteroatoms. The molecule has 1 fully saturated rings. The van der Waals surface area contributed by atoms with Crippen LogP contribution >= 0.6 is 0 Å². The van der Waals surface area contributed by atoms with Crippen molar-refractivity contribution in [2.24, 2.45) is 11.8 Å². The van der Waals surface area contributed by atoms with Gasteiger partial charge in [-0.05, 0) is 54.4 Å². The van der Waals surface area contributed by atoms with Crippen LogP contribution in [0.4, 0.5) is 0 Å². The fourth-order valence-corrected chi connectivity index (χ4v) is 5.64. The molecule has 6 rings (SSSR count). The average molecular weight is 520 g/mol. The molecule has 0 saturated carbocycles. The summed E-state index contributed by atoms with van der Waals surface area (Å²) in [6.07, 6.45) is 0.813.